The molecule has 0 fully saturated rings. The Bertz CT molecular complexity index is 2980. The SMILES string of the molecule is COc1cc(-c2cc(OC)cc(C(C)(C)C)c2Op2oc3c(C(C)(C)C)cc(C)cc3c3cc(OC)cc(C(C)(C)C)c3o2)c(OP(Oc2ccc(Cl)cc2)Oc2ccc(Cl)cc2)c(C(C)(C)C)c1. The van der Waals surface area contributed by atoms with Crippen molar-refractivity contribution < 1.29 is 40.7 Å². The van der Waals surface area contributed by atoms with Crippen LogP contribution < -0.4 is 32.3 Å². The van der Waals surface area contributed by atoms with Gasteiger partial charge in [-0.1, -0.05) is 112 Å². The van der Waals surface area contributed by atoms with Gasteiger partial charge in [0, 0.05) is 54.2 Å². The van der Waals surface area contributed by atoms with Gasteiger partial charge >= 0.3 is 16.8 Å². The highest BCUT2D eigenvalue weighted by atomic mass is 35.5. The Balaban J connectivity index is 1.58. The minimum absolute atomic E-state index is 0.314. The van der Waals surface area contributed by atoms with Gasteiger partial charge in [0.15, 0.2) is 0 Å². The molecule has 1 aromatic heterocycles. The Morgan fingerprint density at radius 2 is 0.812 bits per heavy atom. The van der Waals surface area contributed by atoms with Crippen LogP contribution in [0.15, 0.2) is 105 Å². The Labute approximate surface area is 419 Å². The van der Waals surface area contributed by atoms with E-state index in [0.717, 1.165) is 38.6 Å². The third kappa shape index (κ3) is 11.7. The predicted molar refractivity (Wildman–Crippen MR) is 285 cm³/mol. The monoisotopic (exact) mass is 1010 g/mol. The van der Waals surface area contributed by atoms with Crippen LogP contribution in [0.2, 0.25) is 10.0 Å². The van der Waals surface area contributed by atoms with Gasteiger partial charge in [0.1, 0.15) is 51.4 Å². The van der Waals surface area contributed by atoms with Crippen molar-refractivity contribution in [1.82, 2.24) is 0 Å². The van der Waals surface area contributed by atoms with Crippen molar-refractivity contribution in [3.63, 3.8) is 0 Å². The summed E-state index contributed by atoms with van der Waals surface area (Å²) in [6, 6.07) is 30.4. The first-order valence-corrected chi connectivity index (χ1v) is 25.7. The second kappa shape index (κ2) is 19.9. The predicted octanol–water partition coefficient (Wildman–Crippen LogP) is 18.4. The Morgan fingerprint density at radius 1 is 0.435 bits per heavy atom. The fraction of sp³-hybridized carbons (Fsp3) is 0.357. The number of ether oxygens (including phenoxy) is 3. The number of fused-ring (bicyclic) bond motifs is 3. The molecule has 0 bridgehead atoms. The van der Waals surface area contributed by atoms with Gasteiger partial charge in [0.05, 0.1) is 21.3 Å². The van der Waals surface area contributed by atoms with E-state index in [-0.39, 0.29) is 10.8 Å². The molecule has 1 heterocycles. The molecule has 6 aromatic carbocycles. The molecular formula is C56H64Cl2O9P2. The van der Waals surface area contributed by atoms with E-state index in [1.807, 2.05) is 36.4 Å². The fourth-order valence-corrected chi connectivity index (χ4v) is 10.4. The lowest BCUT2D eigenvalue weighted by atomic mass is 9.81. The third-order valence-electron chi connectivity index (χ3n) is 11.6. The lowest BCUT2D eigenvalue weighted by molar-refractivity contribution is 0.380. The topological polar surface area (TPSA) is 90.9 Å². The van der Waals surface area contributed by atoms with E-state index in [4.69, 9.17) is 63.9 Å². The Kier molecular flexibility index (Phi) is 14.9. The zero-order valence-electron chi connectivity index (χ0n) is 42.6. The largest absolute Gasteiger partial charge is 0.530 e. The van der Waals surface area contributed by atoms with Crippen LogP contribution in [-0.4, -0.2) is 21.3 Å². The number of halogens is 2. The molecule has 7 rings (SSSR count). The molecular weight excluding hydrogens is 949 g/mol. The molecule has 0 aliphatic carbocycles. The van der Waals surface area contributed by atoms with E-state index in [0.29, 0.717) is 72.6 Å². The smallest absolute Gasteiger partial charge is 0.497 e. The van der Waals surface area contributed by atoms with Crippen LogP contribution in [0.1, 0.15) is 111 Å². The maximum atomic E-state index is 7.44. The summed E-state index contributed by atoms with van der Waals surface area (Å²) in [5, 5.41) is 2.88. The summed E-state index contributed by atoms with van der Waals surface area (Å²) < 4.78 is 60.3. The first kappa shape index (κ1) is 51.7. The molecule has 1 atom stereocenters. The van der Waals surface area contributed by atoms with E-state index < -0.39 is 27.7 Å². The zero-order chi connectivity index (χ0) is 50.4. The number of hydrogen-bond donors (Lipinski definition) is 0. The van der Waals surface area contributed by atoms with Gasteiger partial charge in [-0.05, 0) is 125 Å². The van der Waals surface area contributed by atoms with E-state index in [1.165, 1.54) is 0 Å². The summed E-state index contributed by atoms with van der Waals surface area (Å²) in [6.45, 7) is 27.9. The van der Waals surface area contributed by atoms with E-state index >= 15 is 0 Å². The van der Waals surface area contributed by atoms with E-state index in [2.05, 4.69) is 102 Å². The van der Waals surface area contributed by atoms with Crippen molar-refractivity contribution in [2.24, 2.45) is 0 Å². The quantitative estimate of drug-likeness (QED) is 0.111. The normalized spacial score (nSPS) is 12.6. The van der Waals surface area contributed by atoms with E-state index in [9.17, 15) is 0 Å². The lowest BCUT2D eigenvalue weighted by Gasteiger charge is -2.29. The summed E-state index contributed by atoms with van der Waals surface area (Å²) in [7, 11) is 0.538. The molecule has 0 saturated carbocycles. The minimum Gasteiger partial charge on any atom is -0.497 e. The van der Waals surface area contributed by atoms with Crippen LogP contribution in [0, 0.1) is 6.92 Å². The van der Waals surface area contributed by atoms with Crippen molar-refractivity contribution in [2.45, 2.75) is 112 Å². The van der Waals surface area contributed by atoms with Crippen molar-refractivity contribution in [3.05, 3.63) is 135 Å². The van der Waals surface area contributed by atoms with Crippen LogP contribution in [0.3, 0.4) is 0 Å². The highest BCUT2D eigenvalue weighted by molar-refractivity contribution is 7.43. The van der Waals surface area contributed by atoms with Crippen LogP contribution in [0.4, 0.5) is 0 Å². The molecule has 0 saturated heterocycles. The number of aryl methyl sites for hydroxylation is 1. The molecule has 366 valence electrons. The second-order valence-electron chi connectivity index (χ2n) is 21.2. The van der Waals surface area contributed by atoms with Gasteiger partial charge in [-0.15, -0.1) is 0 Å². The number of methoxy groups -OCH3 is 3. The Hall–Kier alpha value is -5.17. The first-order chi connectivity index (χ1) is 32.3. The molecule has 1 unspecified atom stereocenters. The summed E-state index contributed by atoms with van der Waals surface area (Å²) in [4.78, 5) is 0. The Morgan fingerprint density at radius 3 is 1.25 bits per heavy atom. The van der Waals surface area contributed by atoms with E-state index in [1.54, 1.807) is 69.9 Å². The summed E-state index contributed by atoms with van der Waals surface area (Å²) >= 11 is 12.6. The van der Waals surface area contributed by atoms with Crippen LogP contribution in [0.5, 0.6) is 40.2 Å². The van der Waals surface area contributed by atoms with Crippen LogP contribution in [0.25, 0.3) is 33.1 Å². The van der Waals surface area contributed by atoms with Crippen LogP contribution >= 0.6 is 40.0 Å². The lowest BCUT2D eigenvalue weighted by Crippen LogP contribution is -2.16. The number of benzene rings is 6. The van der Waals surface area contributed by atoms with Gasteiger partial charge in [-0.25, -0.2) is 0 Å². The van der Waals surface area contributed by atoms with Gasteiger partial charge in [-0.3, -0.25) is 0 Å². The molecule has 69 heavy (non-hydrogen) atoms. The highest BCUT2D eigenvalue weighted by Gasteiger charge is 2.34. The minimum atomic E-state index is -2.24. The van der Waals surface area contributed by atoms with Crippen molar-refractivity contribution in [2.75, 3.05) is 21.3 Å². The molecule has 9 nitrogen and oxygen atoms in total. The zero-order valence-corrected chi connectivity index (χ0v) is 45.9. The van der Waals surface area contributed by atoms with Gasteiger partial charge in [0.25, 0.3) is 0 Å². The molecule has 7 aromatic rings. The van der Waals surface area contributed by atoms with Gasteiger partial charge < -0.3 is 40.7 Å². The molecule has 0 aliphatic rings. The third-order valence-corrected chi connectivity index (χ3v) is 14.1. The molecule has 13 heteroatoms. The fourth-order valence-electron chi connectivity index (χ4n) is 7.93. The molecule has 0 aliphatic heterocycles. The number of rotatable bonds is 12. The van der Waals surface area contributed by atoms with Crippen LogP contribution in [-0.2, 0) is 21.7 Å². The van der Waals surface area contributed by atoms with Crippen molar-refractivity contribution >= 4 is 62.0 Å². The highest BCUT2D eigenvalue weighted by Crippen LogP contribution is 2.55. The van der Waals surface area contributed by atoms with Crippen molar-refractivity contribution in [1.29, 1.82) is 0 Å². The average molecular weight is 1010 g/mol. The maximum Gasteiger partial charge on any atom is 0.530 e. The summed E-state index contributed by atoms with van der Waals surface area (Å²) in [5.74, 6) is 3.89. The molecule has 0 N–H and O–H groups in total. The van der Waals surface area contributed by atoms with Crippen molar-refractivity contribution in [3.8, 4) is 51.4 Å². The average Bonchev–Trinajstić information content (AvgIpc) is 3.42. The second-order valence-corrected chi connectivity index (χ2v) is 24.1. The standard InChI is InChI=1S/C56H64Cl2O9P2/c1-33-25-41-42-27-38(59-14)30-46(54(5,6)7)50(42)66-69(65-49(41)45(26-33)53(2,3)4)67-52-44(29-40(61-16)32-48(52)56(11,12)13)43-28-39(60-15)31-47(55(8,9)10)51(43)64-68(62-36-21-17-34(57)18-22-36)63-37-23-19-35(58)20-24-37/h17-32H,1-16H3. The summed E-state index contributed by atoms with van der Waals surface area (Å²) in [5.41, 5.74) is 5.65. The molecule has 0 spiro atoms. The van der Waals surface area contributed by atoms with Gasteiger partial charge in [0.2, 0.25) is 0 Å². The summed E-state index contributed by atoms with van der Waals surface area (Å²) in [6.07, 6.45) is 0. The molecule has 0 radical (unpaired) electrons. The number of hydrogen-bond acceptors (Lipinski definition) is 9. The first-order valence-electron chi connectivity index (χ1n) is 22.8. The van der Waals surface area contributed by atoms with Gasteiger partial charge in [-0.2, -0.15) is 0 Å². The molecule has 0 amide bonds. The maximum absolute atomic E-state index is 7.44.